The van der Waals surface area contributed by atoms with Crippen LogP contribution in [0, 0.1) is 5.92 Å². The molecule has 0 aromatic heterocycles. The van der Waals surface area contributed by atoms with Crippen molar-refractivity contribution in [3.8, 4) is 0 Å². The molecule has 0 spiro atoms. The van der Waals surface area contributed by atoms with E-state index >= 15 is 0 Å². The molecule has 2 rings (SSSR count). The van der Waals surface area contributed by atoms with Gasteiger partial charge in [0.05, 0.1) is 0 Å². The Morgan fingerprint density at radius 2 is 2.18 bits per heavy atom. The lowest BCUT2D eigenvalue weighted by molar-refractivity contribution is -0.145. The van der Waals surface area contributed by atoms with Gasteiger partial charge in [-0.15, -0.1) is 0 Å². The van der Waals surface area contributed by atoms with Crippen LogP contribution in [0.2, 0.25) is 0 Å². The summed E-state index contributed by atoms with van der Waals surface area (Å²) < 4.78 is 0. The zero-order valence-electron chi connectivity index (χ0n) is 10.7. The zero-order valence-corrected chi connectivity index (χ0v) is 10.7. The van der Waals surface area contributed by atoms with Gasteiger partial charge in [0, 0.05) is 12.6 Å². The Labute approximate surface area is 103 Å². The maximum absolute atomic E-state index is 11.2. The predicted octanol–water partition coefficient (Wildman–Crippen LogP) is 1.44. The number of carboxylic acid groups (broad SMARTS) is 1. The minimum absolute atomic E-state index is 0.371. The van der Waals surface area contributed by atoms with Crippen molar-refractivity contribution >= 4 is 5.97 Å². The van der Waals surface area contributed by atoms with E-state index in [1.165, 1.54) is 12.8 Å². The summed E-state index contributed by atoms with van der Waals surface area (Å²) >= 11 is 0. The number of carboxylic acids is 1. The summed E-state index contributed by atoms with van der Waals surface area (Å²) in [6.07, 6.45) is 5.97. The van der Waals surface area contributed by atoms with Crippen molar-refractivity contribution in [2.75, 3.05) is 13.1 Å². The van der Waals surface area contributed by atoms with Crippen molar-refractivity contribution in [3.05, 3.63) is 0 Å². The molecular weight excluding hydrogens is 216 g/mol. The molecule has 0 saturated heterocycles. The fourth-order valence-electron chi connectivity index (χ4n) is 2.95. The third-order valence-corrected chi connectivity index (χ3v) is 4.30. The van der Waals surface area contributed by atoms with Crippen molar-refractivity contribution in [3.63, 3.8) is 0 Å². The van der Waals surface area contributed by atoms with E-state index < -0.39 is 11.5 Å². The van der Waals surface area contributed by atoms with Crippen molar-refractivity contribution in [1.29, 1.82) is 0 Å². The number of aliphatic carboxylic acids is 1. The average Bonchev–Trinajstić information content (AvgIpc) is 3.09. The van der Waals surface area contributed by atoms with Crippen LogP contribution in [0.3, 0.4) is 0 Å². The number of carbonyl (C=O) groups is 1. The van der Waals surface area contributed by atoms with Crippen LogP contribution in [-0.4, -0.2) is 40.6 Å². The van der Waals surface area contributed by atoms with Gasteiger partial charge in [-0.25, -0.2) is 0 Å². The molecule has 4 heteroatoms. The summed E-state index contributed by atoms with van der Waals surface area (Å²) in [5.41, 5.74) is 5.02. The lowest BCUT2D eigenvalue weighted by Crippen LogP contribution is -2.55. The van der Waals surface area contributed by atoms with E-state index in [1.54, 1.807) is 0 Å². The van der Waals surface area contributed by atoms with Crippen LogP contribution in [0.25, 0.3) is 0 Å². The van der Waals surface area contributed by atoms with Gasteiger partial charge in [0.2, 0.25) is 0 Å². The molecule has 2 aliphatic rings. The first-order valence-corrected chi connectivity index (χ1v) is 6.81. The first-order valence-electron chi connectivity index (χ1n) is 6.81. The second kappa shape index (κ2) is 4.94. The van der Waals surface area contributed by atoms with E-state index in [2.05, 4.69) is 11.8 Å². The molecule has 2 saturated carbocycles. The topological polar surface area (TPSA) is 66.6 Å². The summed E-state index contributed by atoms with van der Waals surface area (Å²) in [5.74, 6) is 0.0264. The Hall–Kier alpha value is -0.610. The summed E-state index contributed by atoms with van der Waals surface area (Å²) in [6, 6.07) is 0.371. The van der Waals surface area contributed by atoms with Crippen LogP contribution in [-0.2, 0) is 4.79 Å². The van der Waals surface area contributed by atoms with Crippen LogP contribution < -0.4 is 5.73 Å². The second-order valence-corrected chi connectivity index (χ2v) is 5.74. The Morgan fingerprint density at radius 1 is 1.47 bits per heavy atom. The molecule has 0 amide bonds. The van der Waals surface area contributed by atoms with Gasteiger partial charge in [-0.2, -0.15) is 0 Å². The van der Waals surface area contributed by atoms with E-state index in [1.807, 2.05) is 0 Å². The van der Waals surface area contributed by atoms with Gasteiger partial charge < -0.3 is 15.7 Å². The Kier molecular flexibility index (Phi) is 3.73. The highest BCUT2D eigenvalue weighted by atomic mass is 16.4. The van der Waals surface area contributed by atoms with Crippen molar-refractivity contribution in [1.82, 2.24) is 4.90 Å². The maximum Gasteiger partial charge on any atom is 0.323 e. The quantitative estimate of drug-likeness (QED) is 0.763. The maximum atomic E-state index is 11.2. The molecule has 0 radical (unpaired) electrons. The molecule has 0 aliphatic heterocycles. The fourth-order valence-corrected chi connectivity index (χ4v) is 2.95. The van der Waals surface area contributed by atoms with Crippen LogP contribution in [0.4, 0.5) is 0 Å². The summed E-state index contributed by atoms with van der Waals surface area (Å²) in [6.45, 7) is 4.31. The van der Waals surface area contributed by atoms with Gasteiger partial charge in [-0.3, -0.25) is 4.79 Å². The van der Waals surface area contributed by atoms with Gasteiger partial charge in [-0.1, -0.05) is 6.92 Å². The molecule has 0 aromatic rings. The molecule has 2 unspecified atom stereocenters. The van der Waals surface area contributed by atoms with Crippen molar-refractivity contribution in [2.24, 2.45) is 11.7 Å². The Morgan fingerprint density at radius 3 is 2.71 bits per heavy atom. The number of hydrogen-bond donors (Lipinski definition) is 2. The number of nitrogens with two attached hydrogens (primary N) is 1. The molecule has 0 bridgehead atoms. The van der Waals surface area contributed by atoms with E-state index in [-0.39, 0.29) is 0 Å². The third kappa shape index (κ3) is 2.99. The van der Waals surface area contributed by atoms with Crippen molar-refractivity contribution in [2.45, 2.75) is 57.0 Å². The molecule has 0 aromatic carbocycles. The van der Waals surface area contributed by atoms with E-state index in [4.69, 9.17) is 5.73 Å². The van der Waals surface area contributed by atoms with E-state index in [9.17, 15) is 9.90 Å². The van der Waals surface area contributed by atoms with Crippen LogP contribution in [0.5, 0.6) is 0 Å². The minimum atomic E-state index is -0.986. The summed E-state index contributed by atoms with van der Waals surface area (Å²) in [7, 11) is 0. The lowest BCUT2D eigenvalue weighted by Gasteiger charge is -2.40. The highest BCUT2D eigenvalue weighted by Crippen LogP contribution is 2.34. The first kappa shape index (κ1) is 12.8. The molecule has 0 heterocycles. The normalized spacial score (nSPS) is 33.9. The number of nitrogens with zero attached hydrogens (tertiary/aromatic N) is 1. The molecule has 2 fully saturated rings. The smallest absolute Gasteiger partial charge is 0.323 e. The van der Waals surface area contributed by atoms with Gasteiger partial charge in [0.15, 0.2) is 0 Å². The molecule has 2 atom stereocenters. The fraction of sp³-hybridized carbons (Fsp3) is 0.923. The number of rotatable bonds is 5. The van der Waals surface area contributed by atoms with Crippen LogP contribution in [0.1, 0.15) is 45.4 Å². The average molecular weight is 240 g/mol. The predicted molar refractivity (Wildman–Crippen MR) is 66.8 cm³/mol. The highest BCUT2D eigenvalue weighted by Gasteiger charge is 2.41. The van der Waals surface area contributed by atoms with Crippen LogP contribution >= 0.6 is 0 Å². The standard InChI is InChI=1S/C13H24N2O2/c1-2-15(9-10-5-6-10)11-4-3-7-13(14,8-11)12(16)17/h10-11H,2-9,14H2,1H3,(H,16,17). The summed E-state index contributed by atoms with van der Waals surface area (Å²) in [5, 5.41) is 9.22. The van der Waals surface area contributed by atoms with Crippen molar-refractivity contribution < 1.29 is 9.90 Å². The van der Waals surface area contributed by atoms with Crippen LogP contribution in [0.15, 0.2) is 0 Å². The third-order valence-electron chi connectivity index (χ3n) is 4.30. The zero-order chi connectivity index (χ0) is 12.5. The summed E-state index contributed by atoms with van der Waals surface area (Å²) in [4.78, 5) is 13.7. The van der Waals surface area contributed by atoms with Gasteiger partial charge in [-0.05, 0) is 51.0 Å². The Balaban J connectivity index is 1.96. The molecular formula is C13H24N2O2. The highest BCUT2D eigenvalue weighted by molar-refractivity contribution is 5.78. The lowest BCUT2D eigenvalue weighted by atomic mass is 9.79. The SMILES string of the molecule is CCN(CC1CC1)C1CCCC(N)(C(=O)O)C1. The second-order valence-electron chi connectivity index (χ2n) is 5.74. The molecule has 17 heavy (non-hydrogen) atoms. The van der Waals surface area contributed by atoms with Gasteiger partial charge >= 0.3 is 5.97 Å². The molecule has 98 valence electrons. The Bertz CT molecular complexity index is 291. The molecule has 4 nitrogen and oxygen atoms in total. The number of hydrogen-bond acceptors (Lipinski definition) is 3. The molecule has 2 aliphatic carbocycles. The monoisotopic (exact) mass is 240 g/mol. The first-order chi connectivity index (χ1) is 8.05. The minimum Gasteiger partial charge on any atom is -0.480 e. The molecule has 3 N–H and O–H groups in total. The van der Waals surface area contributed by atoms with E-state index in [0.29, 0.717) is 18.9 Å². The largest absolute Gasteiger partial charge is 0.480 e. The van der Waals surface area contributed by atoms with Gasteiger partial charge in [0.1, 0.15) is 5.54 Å². The van der Waals surface area contributed by atoms with Gasteiger partial charge in [0.25, 0.3) is 0 Å². The van der Waals surface area contributed by atoms with E-state index in [0.717, 1.165) is 31.8 Å².